The molecule has 156 valence electrons. The molecule has 1 aromatic carbocycles. The zero-order chi connectivity index (χ0) is 21.6. The Balaban J connectivity index is 2.51. The molecular formula is C23H30N2O4. The van der Waals surface area contributed by atoms with Gasteiger partial charge in [-0.25, -0.2) is 4.79 Å². The molecule has 1 unspecified atom stereocenters. The van der Waals surface area contributed by atoms with Crippen molar-refractivity contribution in [2.24, 2.45) is 5.73 Å². The average molecular weight is 399 g/mol. The first-order chi connectivity index (χ1) is 13.8. The summed E-state index contributed by atoms with van der Waals surface area (Å²) >= 11 is 0. The van der Waals surface area contributed by atoms with Crippen LogP contribution >= 0.6 is 0 Å². The Hall–Kier alpha value is -2.94. The number of carbonyl (C=O) groups is 1. The van der Waals surface area contributed by atoms with E-state index >= 15 is 0 Å². The number of nitriles is 1. The average Bonchev–Trinajstić information content (AvgIpc) is 2.65. The molecule has 0 saturated heterocycles. The highest BCUT2D eigenvalue weighted by Gasteiger charge is 2.37. The number of nitrogens with two attached hydrogens (primary N) is 1. The zero-order valence-electron chi connectivity index (χ0n) is 17.9. The lowest BCUT2D eigenvalue weighted by Crippen LogP contribution is -2.26. The maximum atomic E-state index is 12.7. The number of carbonyl (C=O) groups excluding carboxylic acids is 1. The van der Waals surface area contributed by atoms with Gasteiger partial charge in [-0.05, 0) is 62.9 Å². The van der Waals surface area contributed by atoms with E-state index in [0.717, 1.165) is 41.7 Å². The van der Waals surface area contributed by atoms with E-state index in [2.05, 4.69) is 13.0 Å². The second kappa shape index (κ2) is 10.0. The predicted molar refractivity (Wildman–Crippen MR) is 111 cm³/mol. The summed E-state index contributed by atoms with van der Waals surface area (Å²) in [6, 6.07) is 6.00. The quantitative estimate of drug-likeness (QED) is 0.511. The minimum Gasteiger partial charge on any atom is -0.494 e. The monoisotopic (exact) mass is 398 g/mol. The standard InChI is InChI=1S/C23H30N2O4/c1-6-8-9-10-28-17-11-14(3)19(15(4)12-17)21-18(13-24)22(25)29-16(5)20(21)23(26)27-7-2/h11-12,21H,6-10,25H2,1-5H3. The molecule has 0 fully saturated rings. The van der Waals surface area contributed by atoms with Crippen molar-refractivity contribution in [2.45, 2.75) is 59.8 Å². The summed E-state index contributed by atoms with van der Waals surface area (Å²) in [6.07, 6.45) is 3.26. The molecule has 2 N–H and O–H groups in total. The third-order valence-electron chi connectivity index (χ3n) is 4.97. The van der Waals surface area contributed by atoms with Crippen molar-refractivity contribution in [3.63, 3.8) is 0 Å². The third-order valence-corrected chi connectivity index (χ3v) is 4.97. The van der Waals surface area contributed by atoms with Crippen LogP contribution in [0.15, 0.2) is 34.9 Å². The van der Waals surface area contributed by atoms with Crippen molar-refractivity contribution in [1.29, 1.82) is 5.26 Å². The Morgan fingerprint density at radius 2 is 1.86 bits per heavy atom. The molecular weight excluding hydrogens is 368 g/mol. The molecule has 1 atom stereocenters. The number of rotatable bonds is 8. The van der Waals surface area contributed by atoms with Gasteiger partial charge in [-0.2, -0.15) is 5.26 Å². The van der Waals surface area contributed by atoms with Crippen molar-refractivity contribution >= 4 is 5.97 Å². The van der Waals surface area contributed by atoms with Crippen molar-refractivity contribution in [1.82, 2.24) is 0 Å². The van der Waals surface area contributed by atoms with Crippen LogP contribution in [0.1, 0.15) is 62.6 Å². The number of benzene rings is 1. The molecule has 1 aliphatic heterocycles. The first-order valence-electron chi connectivity index (χ1n) is 10.0. The summed E-state index contributed by atoms with van der Waals surface area (Å²) in [7, 11) is 0. The first-order valence-corrected chi connectivity index (χ1v) is 10.0. The second-order valence-electron chi connectivity index (χ2n) is 7.14. The van der Waals surface area contributed by atoms with E-state index in [4.69, 9.17) is 19.9 Å². The normalized spacial score (nSPS) is 16.3. The van der Waals surface area contributed by atoms with Gasteiger partial charge in [-0.3, -0.25) is 0 Å². The van der Waals surface area contributed by atoms with Crippen LogP contribution in [0.5, 0.6) is 5.75 Å². The van der Waals surface area contributed by atoms with E-state index in [1.807, 2.05) is 26.0 Å². The summed E-state index contributed by atoms with van der Waals surface area (Å²) in [4.78, 5) is 12.7. The van der Waals surface area contributed by atoms with Crippen LogP contribution < -0.4 is 10.5 Å². The SMILES string of the molecule is CCCCCOc1cc(C)c(C2C(C#N)=C(N)OC(C)=C2C(=O)OCC)c(C)c1. The number of aryl methyl sites for hydroxylation is 2. The van der Waals surface area contributed by atoms with E-state index in [0.29, 0.717) is 17.9 Å². The maximum absolute atomic E-state index is 12.7. The Bertz CT molecular complexity index is 854. The number of hydrogen-bond donors (Lipinski definition) is 1. The molecule has 1 aromatic rings. The molecule has 0 amide bonds. The largest absolute Gasteiger partial charge is 0.494 e. The lowest BCUT2D eigenvalue weighted by atomic mass is 9.79. The van der Waals surface area contributed by atoms with E-state index in [9.17, 15) is 10.1 Å². The summed E-state index contributed by atoms with van der Waals surface area (Å²) in [5.74, 6) is 0.00187. The zero-order valence-corrected chi connectivity index (χ0v) is 17.9. The molecule has 6 heteroatoms. The fourth-order valence-corrected chi connectivity index (χ4v) is 3.66. The molecule has 0 spiro atoms. The van der Waals surface area contributed by atoms with Gasteiger partial charge in [-0.15, -0.1) is 0 Å². The fraction of sp³-hybridized carbons (Fsp3) is 0.478. The van der Waals surface area contributed by atoms with Crippen LogP contribution in [0.3, 0.4) is 0 Å². The molecule has 0 aliphatic carbocycles. The molecule has 1 aliphatic rings. The first kappa shape index (κ1) is 22.4. The van der Waals surface area contributed by atoms with Crippen molar-refractivity contribution in [3.8, 4) is 11.8 Å². The van der Waals surface area contributed by atoms with E-state index < -0.39 is 11.9 Å². The molecule has 0 bridgehead atoms. The van der Waals surface area contributed by atoms with Gasteiger partial charge in [0.1, 0.15) is 23.2 Å². The van der Waals surface area contributed by atoms with Gasteiger partial charge in [-0.1, -0.05) is 19.8 Å². The fourth-order valence-electron chi connectivity index (χ4n) is 3.66. The van der Waals surface area contributed by atoms with Crippen LogP contribution in [0.4, 0.5) is 0 Å². The summed E-state index contributed by atoms with van der Waals surface area (Å²) in [5.41, 5.74) is 9.18. The van der Waals surface area contributed by atoms with Crippen molar-refractivity contribution in [3.05, 3.63) is 51.6 Å². The van der Waals surface area contributed by atoms with E-state index in [-0.39, 0.29) is 18.1 Å². The molecule has 29 heavy (non-hydrogen) atoms. The van der Waals surface area contributed by atoms with Crippen LogP contribution in [-0.2, 0) is 14.3 Å². The van der Waals surface area contributed by atoms with Gasteiger partial charge < -0.3 is 19.9 Å². The minimum atomic E-state index is -0.637. The van der Waals surface area contributed by atoms with Crippen LogP contribution in [0.25, 0.3) is 0 Å². The van der Waals surface area contributed by atoms with E-state index in [1.54, 1.807) is 13.8 Å². The van der Waals surface area contributed by atoms with Gasteiger partial charge in [0.05, 0.1) is 24.7 Å². The van der Waals surface area contributed by atoms with Gasteiger partial charge in [0, 0.05) is 0 Å². The number of ether oxygens (including phenoxy) is 3. The predicted octanol–water partition coefficient (Wildman–Crippen LogP) is 4.52. The Morgan fingerprint density at radius 3 is 2.41 bits per heavy atom. The Morgan fingerprint density at radius 1 is 1.21 bits per heavy atom. The molecule has 2 rings (SSSR count). The van der Waals surface area contributed by atoms with Gasteiger partial charge in [0.15, 0.2) is 0 Å². The third kappa shape index (κ3) is 4.92. The number of nitrogens with zero attached hydrogens (tertiary/aromatic N) is 1. The maximum Gasteiger partial charge on any atom is 0.338 e. The highest BCUT2D eigenvalue weighted by atomic mass is 16.5. The summed E-state index contributed by atoms with van der Waals surface area (Å²) in [5, 5.41) is 9.74. The van der Waals surface area contributed by atoms with Crippen LogP contribution in [0, 0.1) is 25.2 Å². The van der Waals surface area contributed by atoms with Crippen molar-refractivity contribution in [2.75, 3.05) is 13.2 Å². The summed E-state index contributed by atoms with van der Waals surface area (Å²) < 4.78 is 16.6. The smallest absolute Gasteiger partial charge is 0.338 e. The highest BCUT2D eigenvalue weighted by Crippen LogP contribution is 2.43. The lowest BCUT2D eigenvalue weighted by molar-refractivity contribution is -0.139. The Kier molecular flexibility index (Phi) is 7.72. The number of unbranched alkanes of at least 4 members (excludes halogenated alkanes) is 2. The number of allylic oxidation sites excluding steroid dienone is 2. The van der Waals surface area contributed by atoms with Gasteiger partial charge >= 0.3 is 5.97 Å². The van der Waals surface area contributed by atoms with Crippen molar-refractivity contribution < 1.29 is 19.0 Å². The molecule has 0 aromatic heterocycles. The molecule has 0 radical (unpaired) electrons. The lowest BCUT2D eigenvalue weighted by Gasteiger charge is -2.29. The summed E-state index contributed by atoms with van der Waals surface area (Å²) in [6.45, 7) is 10.3. The number of hydrogen-bond acceptors (Lipinski definition) is 6. The molecule has 6 nitrogen and oxygen atoms in total. The molecule has 0 saturated carbocycles. The minimum absolute atomic E-state index is 0.0155. The van der Waals surface area contributed by atoms with Crippen LogP contribution in [0.2, 0.25) is 0 Å². The second-order valence-corrected chi connectivity index (χ2v) is 7.14. The van der Waals surface area contributed by atoms with Crippen LogP contribution in [-0.4, -0.2) is 19.2 Å². The molecule has 1 heterocycles. The highest BCUT2D eigenvalue weighted by molar-refractivity contribution is 5.92. The van der Waals surface area contributed by atoms with Gasteiger partial charge in [0.2, 0.25) is 5.88 Å². The number of esters is 1. The Labute approximate surface area is 172 Å². The van der Waals surface area contributed by atoms with Gasteiger partial charge in [0.25, 0.3) is 0 Å². The topological polar surface area (TPSA) is 94.6 Å². The van der Waals surface area contributed by atoms with E-state index in [1.165, 1.54) is 0 Å².